The zero-order valence-corrected chi connectivity index (χ0v) is 12.2. The van der Waals surface area contributed by atoms with Crippen molar-refractivity contribution >= 4 is 17.1 Å². The first kappa shape index (κ1) is 14.8. The molecule has 8 heteroatoms. The minimum Gasteiger partial charge on any atom is -0.351 e. The molecular formula is C13H17N5O3. The van der Waals surface area contributed by atoms with Crippen LogP contribution in [0.15, 0.2) is 28.6 Å². The number of nitrogens with zero attached hydrogens (tertiary/aromatic N) is 4. The number of aryl methyl sites for hydroxylation is 1. The summed E-state index contributed by atoms with van der Waals surface area (Å²) in [6.07, 6.45) is 2.96. The first-order valence-corrected chi connectivity index (χ1v) is 6.41. The monoisotopic (exact) mass is 291 g/mol. The zero-order valence-electron chi connectivity index (χ0n) is 12.2. The number of hydrogen-bond acceptors (Lipinski definition) is 4. The third kappa shape index (κ3) is 2.28. The fourth-order valence-electron chi connectivity index (χ4n) is 2.10. The highest BCUT2D eigenvalue weighted by molar-refractivity contribution is 5.82. The Bertz CT molecular complexity index is 827. The Kier molecular flexibility index (Phi) is 3.79. The second kappa shape index (κ2) is 5.39. The first-order valence-electron chi connectivity index (χ1n) is 6.41. The van der Waals surface area contributed by atoms with Gasteiger partial charge in [-0.3, -0.25) is 18.7 Å². The predicted molar refractivity (Wildman–Crippen MR) is 78.1 cm³/mol. The van der Waals surface area contributed by atoms with Crippen LogP contribution in [-0.4, -0.2) is 31.1 Å². The normalized spacial score (nSPS) is 12.3. The Hall–Kier alpha value is -2.64. The van der Waals surface area contributed by atoms with Crippen LogP contribution in [-0.2, 0) is 18.9 Å². The summed E-state index contributed by atoms with van der Waals surface area (Å²) in [5.41, 5.74) is -0.456. The number of amides is 1. The van der Waals surface area contributed by atoms with Crippen molar-refractivity contribution in [1.82, 2.24) is 24.0 Å². The maximum Gasteiger partial charge on any atom is 0.332 e. The molecule has 1 amide bonds. The summed E-state index contributed by atoms with van der Waals surface area (Å²) in [7, 11) is 2.92. The van der Waals surface area contributed by atoms with E-state index in [1.165, 1.54) is 29.6 Å². The number of aromatic nitrogens is 4. The van der Waals surface area contributed by atoms with E-state index in [2.05, 4.69) is 16.9 Å². The van der Waals surface area contributed by atoms with E-state index in [0.717, 1.165) is 4.57 Å². The lowest BCUT2D eigenvalue weighted by atomic mass is 10.3. The summed E-state index contributed by atoms with van der Waals surface area (Å²) in [5.74, 6) is -0.259. The number of rotatable bonds is 4. The molecule has 1 unspecified atom stereocenters. The molecule has 0 saturated carbocycles. The molecule has 112 valence electrons. The molecule has 1 N–H and O–H groups in total. The standard InChI is InChI=1S/C13H17N5O3/c1-5-6-14-11(19)8(2)18-7-15-10-9(18)12(20)17(4)13(21)16(10)3/h5,7-8H,1,6H2,2-4H3,(H,14,19). The Balaban J connectivity index is 2.62. The number of imidazole rings is 1. The van der Waals surface area contributed by atoms with Crippen LogP contribution in [0.25, 0.3) is 11.2 Å². The zero-order chi connectivity index (χ0) is 15.7. The molecule has 2 rings (SSSR count). The minimum atomic E-state index is -0.625. The summed E-state index contributed by atoms with van der Waals surface area (Å²) in [6, 6.07) is -0.625. The highest BCUT2D eigenvalue weighted by Crippen LogP contribution is 2.13. The summed E-state index contributed by atoms with van der Waals surface area (Å²) >= 11 is 0. The van der Waals surface area contributed by atoms with Crippen LogP contribution in [0.4, 0.5) is 0 Å². The van der Waals surface area contributed by atoms with E-state index in [-0.39, 0.29) is 17.1 Å². The minimum absolute atomic E-state index is 0.223. The lowest BCUT2D eigenvalue weighted by molar-refractivity contribution is -0.123. The topological polar surface area (TPSA) is 90.9 Å². The molecule has 8 nitrogen and oxygen atoms in total. The van der Waals surface area contributed by atoms with Crippen molar-refractivity contribution in [3.8, 4) is 0 Å². The van der Waals surface area contributed by atoms with Crippen molar-refractivity contribution in [1.29, 1.82) is 0 Å². The molecule has 0 spiro atoms. The van der Waals surface area contributed by atoms with Gasteiger partial charge in [-0.05, 0) is 6.92 Å². The van der Waals surface area contributed by atoms with Crippen LogP contribution >= 0.6 is 0 Å². The summed E-state index contributed by atoms with van der Waals surface area (Å²) in [6.45, 7) is 5.52. The van der Waals surface area contributed by atoms with Gasteiger partial charge in [0.05, 0.1) is 6.33 Å². The summed E-state index contributed by atoms with van der Waals surface area (Å²) < 4.78 is 3.74. The van der Waals surface area contributed by atoms with Crippen molar-refractivity contribution in [3.63, 3.8) is 0 Å². The van der Waals surface area contributed by atoms with Crippen molar-refractivity contribution in [3.05, 3.63) is 39.8 Å². The van der Waals surface area contributed by atoms with Gasteiger partial charge in [-0.25, -0.2) is 9.78 Å². The highest BCUT2D eigenvalue weighted by atomic mass is 16.2. The van der Waals surface area contributed by atoms with Crippen molar-refractivity contribution in [2.24, 2.45) is 14.1 Å². The van der Waals surface area contributed by atoms with E-state index in [0.29, 0.717) is 6.54 Å². The van der Waals surface area contributed by atoms with E-state index in [1.54, 1.807) is 13.0 Å². The number of nitrogens with one attached hydrogen (secondary N) is 1. The second-order valence-electron chi connectivity index (χ2n) is 4.74. The quantitative estimate of drug-likeness (QED) is 0.754. The van der Waals surface area contributed by atoms with Gasteiger partial charge < -0.3 is 9.88 Å². The van der Waals surface area contributed by atoms with Gasteiger partial charge in [0.25, 0.3) is 5.56 Å². The van der Waals surface area contributed by atoms with Crippen molar-refractivity contribution < 1.29 is 4.79 Å². The van der Waals surface area contributed by atoms with Crippen LogP contribution in [0, 0.1) is 0 Å². The SMILES string of the molecule is C=CCNC(=O)C(C)n1cnc2c1c(=O)n(C)c(=O)n2C. The second-order valence-corrected chi connectivity index (χ2v) is 4.74. The van der Waals surface area contributed by atoms with Crippen LogP contribution in [0.1, 0.15) is 13.0 Å². The van der Waals surface area contributed by atoms with E-state index >= 15 is 0 Å². The van der Waals surface area contributed by atoms with Crippen molar-refractivity contribution in [2.75, 3.05) is 6.54 Å². The van der Waals surface area contributed by atoms with Crippen LogP contribution in [0.2, 0.25) is 0 Å². The first-order chi connectivity index (χ1) is 9.90. The van der Waals surface area contributed by atoms with E-state index in [1.807, 2.05) is 0 Å². The van der Waals surface area contributed by atoms with Crippen molar-refractivity contribution in [2.45, 2.75) is 13.0 Å². The molecule has 2 heterocycles. The van der Waals surface area contributed by atoms with Crippen LogP contribution < -0.4 is 16.6 Å². The third-order valence-corrected chi connectivity index (χ3v) is 3.39. The molecule has 0 aromatic carbocycles. The van der Waals surface area contributed by atoms with Gasteiger partial charge in [-0.1, -0.05) is 6.08 Å². The fraction of sp³-hybridized carbons (Fsp3) is 0.385. The molecule has 2 aromatic rings. The number of hydrogen-bond donors (Lipinski definition) is 1. The third-order valence-electron chi connectivity index (χ3n) is 3.39. The molecule has 0 bridgehead atoms. The molecule has 0 fully saturated rings. The maximum atomic E-state index is 12.3. The van der Waals surface area contributed by atoms with Crippen LogP contribution in [0.3, 0.4) is 0 Å². The van der Waals surface area contributed by atoms with Gasteiger partial charge in [0.1, 0.15) is 6.04 Å². The number of carbonyl (C=O) groups is 1. The van der Waals surface area contributed by atoms with E-state index in [9.17, 15) is 14.4 Å². The number of fused-ring (bicyclic) bond motifs is 1. The largest absolute Gasteiger partial charge is 0.351 e. The van der Waals surface area contributed by atoms with Gasteiger partial charge in [-0.15, -0.1) is 6.58 Å². The maximum absolute atomic E-state index is 12.3. The number of carbonyl (C=O) groups excluding carboxylic acids is 1. The van der Waals surface area contributed by atoms with Crippen LogP contribution in [0.5, 0.6) is 0 Å². The molecule has 0 saturated heterocycles. The predicted octanol–water partition coefficient (Wildman–Crippen LogP) is -0.703. The Labute approximate surface area is 120 Å². The van der Waals surface area contributed by atoms with E-state index in [4.69, 9.17) is 0 Å². The molecule has 0 radical (unpaired) electrons. The van der Waals surface area contributed by atoms with Gasteiger partial charge in [0.2, 0.25) is 5.91 Å². The average Bonchev–Trinajstić information content (AvgIpc) is 2.92. The van der Waals surface area contributed by atoms with Gasteiger partial charge in [0, 0.05) is 20.6 Å². The molecule has 1 atom stereocenters. The molecule has 21 heavy (non-hydrogen) atoms. The molecule has 2 aromatic heterocycles. The molecule has 0 aliphatic heterocycles. The average molecular weight is 291 g/mol. The fourth-order valence-corrected chi connectivity index (χ4v) is 2.10. The van der Waals surface area contributed by atoms with Gasteiger partial charge in [-0.2, -0.15) is 0 Å². The lowest BCUT2D eigenvalue weighted by Gasteiger charge is -2.14. The van der Waals surface area contributed by atoms with Gasteiger partial charge >= 0.3 is 5.69 Å². The van der Waals surface area contributed by atoms with E-state index < -0.39 is 17.3 Å². The Morgan fingerprint density at radius 3 is 2.71 bits per heavy atom. The molecule has 0 aliphatic rings. The lowest BCUT2D eigenvalue weighted by Crippen LogP contribution is -2.38. The molecular weight excluding hydrogens is 274 g/mol. The molecule has 0 aliphatic carbocycles. The highest BCUT2D eigenvalue weighted by Gasteiger charge is 2.21. The Morgan fingerprint density at radius 2 is 2.10 bits per heavy atom. The van der Waals surface area contributed by atoms with Gasteiger partial charge in [0.15, 0.2) is 11.2 Å². The Morgan fingerprint density at radius 1 is 1.43 bits per heavy atom. The summed E-state index contributed by atoms with van der Waals surface area (Å²) in [4.78, 5) is 40.2. The summed E-state index contributed by atoms with van der Waals surface area (Å²) in [5, 5.41) is 2.66. The smallest absolute Gasteiger partial charge is 0.332 e.